The van der Waals surface area contributed by atoms with Gasteiger partial charge in [-0.25, -0.2) is 0 Å². The number of hydrogen-bond acceptors (Lipinski definition) is 1. The fourth-order valence-corrected chi connectivity index (χ4v) is 3.91. The molecule has 5 heteroatoms. The first-order chi connectivity index (χ1) is 14.1. The van der Waals surface area contributed by atoms with E-state index >= 15 is 0 Å². The first-order valence-electron chi connectivity index (χ1n) is 10.9. The number of rotatable bonds is 11. The van der Waals surface area contributed by atoms with Crippen LogP contribution in [0, 0.1) is 5.92 Å². The number of benzene rings is 1. The third-order valence-corrected chi connectivity index (χ3v) is 6.09. The van der Waals surface area contributed by atoms with Crippen LogP contribution in [0.2, 0.25) is 0 Å². The number of allylic oxidation sites excluding steroid dienone is 3. The number of nitrogens with one attached hydrogen (secondary N) is 1. The van der Waals surface area contributed by atoms with Crippen molar-refractivity contribution in [3.05, 3.63) is 65.9 Å². The van der Waals surface area contributed by atoms with Gasteiger partial charge in [0, 0.05) is 12.1 Å². The Hall–Kier alpha value is -1.91. The molecule has 2 unspecified atom stereocenters. The van der Waals surface area contributed by atoms with Gasteiger partial charge >= 0.3 is 6.18 Å². The molecule has 1 aromatic rings. The van der Waals surface area contributed by atoms with Gasteiger partial charge in [-0.05, 0) is 72.6 Å². The minimum absolute atomic E-state index is 0.0144. The normalized spacial score (nSPS) is 16.9. The van der Waals surface area contributed by atoms with Crippen LogP contribution in [0.4, 0.5) is 13.2 Å². The van der Waals surface area contributed by atoms with Gasteiger partial charge in [-0.15, -0.1) is 0 Å². The molecule has 0 bridgehead atoms. The van der Waals surface area contributed by atoms with E-state index in [1.54, 1.807) is 0 Å². The number of alkyl halides is 3. The quantitative estimate of drug-likeness (QED) is 0.302. The van der Waals surface area contributed by atoms with Gasteiger partial charge in [0.1, 0.15) is 7.28 Å². The van der Waals surface area contributed by atoms with Gasteiger partial charge in [0.05, 0.1) is 0 Å². The van der Waals surface area contributed by atoms with Crippen molar-refractivity contribution < 1.29 is 13.2 Å². The van der Waals surface area contributed by atoms with Crippen molar-refractivity contribution in [2.45, 2.75) is 77.2 Å². The first kappa shape index (κ1) is 24.4. The summed E-state index contributed by atoms with van der Waals surface area (Å²) in [5.74, 6) is 0.577. The molecule has 0 fully saturated rings. The summed E-state index contributed by atoms with van der Waals surface area (Å²) in [4.78, 5) is 0. The highest BCUT2D eigenvalue weighted by Gasteiger charge is 2.28. The second-order valence-corrected chi connectivity index (χ2v) is 8.48. The van der Waals surface area contributed by atoms with Crippen molar-refractivity contribution >= 4 is 12.9 Å². The third kappa shape index (κ3) is 7.41. The van der Waals surface area contributed by atoms with Gasteiger partial charge in [0.2, 0.25) is 0 Å². The lowest BCUT2D eigenvalue weighted by Gasteiger charge is -2.28. The lowest BCUT2D eigenvalue weighted by molar-refractivity contribution is -0.134. The minimum Gasteiger partial charge on any atom is -0.394 e. The van der Waals surface area contributed by atoms with Crippen molar-refractivity contribution in [1.29, 1.82) is 0 Å². The molecular weight excluding hydrogens is 382 g/mol. The Morgan fingerprint density at radius 1 is 1.20 bits per heavy atom. The van der Waals surface area contributed by atoms with Gasteiger partial charge in [0.25, 0.3) is 0 Å². The molecule has 1 heterocycles. The highest BCUT2D eigenvalue weighted by Crippen LogP contribution is 2.30. The standard InChI is InChI=1S/C25H34BF3N/c1-6-17(2)18(3)9-7-10-19(4)22-12-8-11-21-15-24(26-16-23(21)22)30-20(5)13-14-25(27,28)29/h8,11-12,17,24,30H,3-7,9-10,13-16H2,1-2H3. The van der Waals surface area contributed by atoms with E-state index < -0.39 is 12.6 Å². The van der Waals surface area contributed by atoms with Gasteiger partial charge < -0.3 is 5.32 Å². The molecule has 2 atom stereocenters. The van der Waals surface area contributed by atoms with E-state index in [-0.39, 0.29) is 12.4 Å². The first-order valence-corrected chi connectivity index (χ1v) is 10.9. The van der Waals surface area contributed by atoms with Crippen molar-refractivity contribution in [2.75, 3.05) is 0 Å². The maximum absolute atomic E-state index is 12.4. The maximum Gasteiger partial charge on any atom is 0.389 e. The van der Waals surface area contributed by atoms with Crippen LogP contribution in [0.3, 0.4) is 0 Å². The average Bonchev–Trinajstić information content (AvgIpc) is 2.70. The zero-order valence-corrected chi connectivity index (χ0v) is 18.4. The SMILES string of the molecule is C=C(CCC(F)(F)F)NC1[B]Cc2c(cccc2C(=C)CCCC(=C)C(C)CC)C1. The summed E-state index contributed by atoms with van der Waals surface area (Å²) in [7, 11) is 2.14. The van der Waals surface area contributed by atoms with Crippen LogP contribution >= 0.6 is 0 Å². The molecule has 0 aliphatic carbocycles. The zero-order valence-electron chi connectivity index (χ0n) is 18.4. The highest BCUT2D eigenvalue weighted by molar-refractivity contribution is 6.38. The topological polar surface area (TPSA) is 12.0 Å². The Bertz CT molecular complexity index is 766. The highest BCUT2D eigenvalue weighted by atomic mass is 19.4. The Labute approximate surface area is 180 Å². The molecular formula is C25H34BF3N. The second kappa shape index (κ2) is 10.9. The summed E-state index contributed by atoms with van der Waals surface area (Å²) in [6.07, 6.45) is 0.626. The third-order valence-electron chi connectivity index (χ3n) is 6.09. The summed E-state index contributed by atoms with van der Waals surface area (Å²) in [5, 5.41) is 3.16. The van der Waals surface area contributed by atoms with Crippen molar-refractivity contribution in [3.8, 4) is 0 Å². The van der Waals surface area contributed by atoms with E-state index in [1.807, 2.05) is 0 Å². The van der Waals surface area contributed by atoms with Crippen LogP contribution in [-0.2, 0) is 12.7 Å². The number of fused-ring (bicyclic) bond motifs is 1. The summed E-state index contributed by atoms with van der Waals surface area (Å²) in [6.45, 7) is 16.7. The minimum atomic E-state index is -4.15. The van der Waals surface area contributed by atoms with Crippen molar-refractivity contribution in [3.63, 3.8) is 0 Å². The zero-order chi connectivity index (χ0) is 22.3. The number of halogens is 3. The van der Waals surface area contributed by atoms with E-state index in [0.717, 1.165) is 44.0 Å². The predicted molar refractivity (Wildman–Crippen MR) is 122 cm³/mol. The predicted octanol–water partition coefficient (Wildman–Crippen LogP) is 7.00. The fourth-order valence-electron chi connectivity index (χ4n) is 3.91. The molecule has 1 radical (unpaired) electrons. The molecule has 0 aromatic heterocycles. The number of hydrogen-bond donors (Lipinski definition) is 1. The molecule has 30 heavy (non-hydrogen) atoms. The molecule has 1 aliphatic rings. The summed E-state index contributed by atoms with van der Waals surface area (Å²) in [6, 6.07) is 6.30. The molecule has 1 N–H and O–H groups in total. The fraction of sp³-hybridized carbons (Fsp3) is 0.520. The van der Waals surface area contributed by atoms with Gasteiger partial charge in [-0.2, -0.15) is 13.2 Å². The Morgan fingerprint density at radius 3 is 2.60 bits per heavy atom. The molecule has 0 amide bonds. The second-order valence-electron chi connectivity index (χ2n) is 8.48. The van der Waals surface area contributed by atoms with Crippen LogP contribution in [0.5, 0.6) is 0 Å². The van der Waals surface area contributed by atoms with Crippen molar-refractivity contribution in [1.82, 2.24) is 5.32 Å². The lowest BCUT2D eigenvalue weighted by atomic mass is 9.57. The van der Waals surface area contributed by atoms with Crippen LogP contribution in [0.25, 0.3) is 5.57 Å². The molecule has 0 saturated carbocycles. The van der Waals surface area contributed by atoms with Crippen LogP contribution in [0.1, 0.15) is 69.1 Å². The van der Waals surface area contributed by atoms with Crippen LogP contribution < -0.4 is 5.32 Å². The average molecular weight is 416 g/mol. The van der Waals surface area contributed by atoms with E-state index in [4.69, 9.17) is 0 Å². The molecule has 1 aromatic carbocycles. The summed E-state index contributed by atoms with van der Waals surface area (Å²) >= 11 is 0. The van der Waals surface area contributed by atoms with Gasteiger partial charge in [-0.1, -0.05) is 63.7 Å². The molecule has 1 aliphatic heterocycles. The Kier molecular flexibility index (Phi) is 8.87. The Balaban J connectivity index is 1.92. The van der Waals surface area contributed by atoms with Crippen LogP contribution in [0.15, 0.2) is 49.2 Å². The molecule has 163 valence electrons. The summed E-state index contributed by atoms with van der Waals surface area (Å²) < 4.78 is 37.2. The van der Waals surface area contributed by atoms with Gasteiger partial charge in [0.15, 0.2) is 0 Å². The van der Waals surface area contributed by atoms with E-state index in [1.165, 1.54) is 22.3 Å². The molecule has 2 rings (SSSR count). The molecule has 0 saturated heterocycles. The van der Waals surface area contributed by atoms with E-state index in [2.05, 4.69) is 64.4 Å². The van der Waals surface area contributed by atoms with Gasteiger partial charge in [-0.3, -0.25) is 0 Å². The molecule has 0 spiro atoms. The maximum atomic E-state index is 12.4. The van der Waals surface area contributed by atoms with E-state index in [9.17, 15) is 13.2 Å². The molecule has 1 nitrogen and oxygen atoms in total. The lowest BCUT2D eigenvalue weighted by Crippen LogP contribution is -2.40. The Morgan fingerprint density at radius 2 is 1.93 bits per heavy atom. The smallest absolute Gasteiger partial charge is 0.389 e. The van der Waals surface area contributed by atoms with E-state index in [0.29, 0.717) is 11.6 Å². The van der Waals surface area contributed by atoms with Crippen molar-refractivity contribution in [2.24, 2.45) is 5.92 Å². The monoisotopic (exact) mass is 416 g/mol. The largest absolute Gasteiger partial charge is 0.394 e. The summed E-state index contributed by atoms with van der Waals surface area (Å²) in [5.41, 5.74) is 6.65. The van der Waals surface area contributed by atoms with Crippen LogP contribution in [-0.4, -0.2) is 19.4 Å².